The minimum absolute atomic E-state index is 0.801. The zero-order valence-electron chi connectivity index (χ0n) is 8.92. The molecule has 3 fully saturated rings. The van der Waals surface area contributed by atoms with Crippen LogP contribution in [0.15, 0.2) is 0 Å². The molecule has 2 aliphatic heterocycles. The molecule has 3 aliphatic rings. The van der Waals surface area contributed by atoms with E-state index in [-0.39, 0.29) is 0 Å². The maximum atomic E-state index is 11.7. The lowest BCUT2D eigenvalue weighted by Gasteiger charge is -2.57. The van der Waals surface area contributed by atoms with Crippen LogP contribution < -0.4 is 0 Å². The van der Waals surface area contributed by atoms with E-state index in [0.29, 0.717) is 0 Å². The molecule has 3 rings (SSSR count). The Morgan fingerprint density at radius 1 is 0.944 bits per heavy atom. The second kappa shape index (κ2) is 2.81. The molecule has 10 nitrogen and oxygen atoms in total. The molecule has 11 heteroatoms. The van der Waals surface area contributed by atoms with Gasteiger partial charge in [-0.05, 0) is 6.92 Å². The Morgan fingerprint density at radius 3 is 1.94 bits per heavy atom. The Balaban J connectivity index is 2.29. The van der Waals surface area contributed by atoms with Gasteiger partial charge in [0.2, 0.25) is 0 Å². The van der Waals surface area contributed by atoms with Crippen molar-refractivity contribution in [1.29, 1.82) is 0 Å². The highest BCUT2D eigenvalue weighted by molar-refractivity contribution is 7.49. The zero-order valence-corrected chi connectivity index (χ0v) is 9.81. The largest absolute Gasteiger partial charge is 0.483 e. The number of hydrogen-bond acceptors (Lipinski definition) is 10. The van der Waals surface area contributed by atoms with Crippen LogP contribution >= 0.6 is 7.82 Å². The van der Waals surface area contributed by atoms with E-state index in [1.54, 1.807) is 0 Å². The number of aliphatic hydroxyl groups is 6. The molecule has 0 aromatic carbocycles. The lowest BCUT2D eigenvalue weighted by Crippen LogP contribution is -2.86. The summed E-state index contributed by atoms with van der Waals surface area (Å²) in [5.41, 5.74) is -2.68. The van der Waals surface area contributed by atoms with Gasteiger partial charge in [0.15, 0.2) is 5.60 Å². The molecule has 1 unspecified atom stereocenters. The summed E-state index contributed by atoms with van der Waals surface area (Å²) in [6.45, 7) is 0.801. The molecule has 2 heterocycles. The van der Waals surface area contributed by atoms with E-state index in [2.05, 4.69) is 13.6 Å². The molecule has 0 aromatic rings. The lowest BCUT2D eigenvalue weighted by atomic mass is 9.69. The molecule has 0 spiro atoms. The summed E-state index contributed by atoms with van der Waals surface area (Å²) in [5.74, 6) is -9.45. The van der Waals surface area contributed by atoms with E-state index in [9.17, 15) is 35.2 Å². The second-order valence-corrected chi connectivity index (χ2v) is 6.18. The highest BCUT2D eigenvalue weighted by Crippen LogP contribution is 2.78. The lowest BCUT2D eigenvalue weighted by molar-refractivity contribution is -0.486. The first-order valence-corrected chi connectivity index (χ1v) is 6.37. The first-order chi connectivity index (χ1) is 7.94. The molecule has 2 saturated heterocycles. The third-order valence-electron chi connectivity index (χ3n) is 3.65. The number of phosphoric ester groups is 1. The zero-order chi connectivity index (χ0) is 13.8. The Hall–Kier alpha value is -0.130. The van der Waals surface area contributed by atoms with Crippen molar-refractivity contribution in [2.45, 2.75) is 42.1 Å². The van der Waals surface area contributed by atoms with Gasteiger partial charge < -0.3 is 30.6 Å². The van der Waals surface area contributed by atoms with Crippen LogP contribution in [0.1, 0.15) is 6.92 Å². The van der Waals surface area contributed by atoms with E-state index in [4.69, 9.17) is 0 Å². The molecule has 2 bridgehead atoms. The van der Waals surface area contributed by atoms with E-state index in [0.717, 1.165) is 6.92 Å². The van der Waals surface area contributed by atoms with Crippen LogP contribution in [-0.2, 0) is 18.1 Å². The minimum Gasteiger partial charge on any atom is -0.387 e. The Labute approximate surface area is 99.6 Å². The summed E-state index contributed by atoms with van der Waals surface area (Å²) >= 11 is 0. The number of aliphatic hydroxyl groups excluding tert-OH is 2. The van der Waals surface area contributed by atoms with Crippen LogP contribution in [0.4, 0.5) is 0 Å². The van der Waals surface area contributed by atoms with Gasteiger partial charge in [-0.25, -0.2) is 18.1 Å². The van der Waals surface area contributed by atoms with Crippen LogP contribution in [0.3, 0.4) is 0 Å². The van der Waals surface area contributed by atoms with E-state index in [1.165, 1.54) is 0 Å². The van der Waals surface area contributed by atoms with Crippen molar-refractivity contribution in [3.8, 4) is 0 Å². The van der Waals surface area contributed by atoms with Crippen molar-refractivity contribution >= 4 is 7.82 Å². The van der Waals surface area contributed by atoms with Gasteiger partial charge in [-0.1, -0.05) is 0 Å². The average molecular weight is 286 g/mol. The fraction of sp³-hybridized carbons (Fsp3) is 1.00. The number of phosphoric acid groups is 1. The summed E-state index contributed by atoms with van der Waals surface area (Å²) < 4.78 is 25.0. The van der Waals surface area contributed by atoms with Crippen LogP contribution in [0, 0.1) is 0 Å². The number of hydrogen-bond donors (Lipinski definition) is 6. The second-order valence-electron chi connectivity index (χ2n) is 4.74. The fourth-order valence-electron chi connectivity index (χ4n) is 2.46. The predicted molar refractivity (Wildman–Crippen MR) is 48.3 cm³/mol. The van der Waals surface area contributed by atoms with Crippen LogP contribution in [-0.4, -0.2) is 65.8 Å². The third kappa shape index (κ3) is 0.947. The molecular formula is C7H11O10P. The monoisotopic (exact) mass is 286 g/mol. The van der Waals surface area contributed by atoms with Crippen molar-refractivity contribution < 1.29 is 48.8 Å². The van der Waals surface area contributed by atoms with Gasteiger partial charge in [0.05, 0.1) is 0 Å². The van der Waals surface area contributed by atoms with Crippen LogP contribution in [0.25, 0.3) is 0 Å². The predicted octanol–water partition coefficient (Wildman–Crippen LogP) is -3.28. The average Bonchev–Trinajstić information content (AvgIpc) is 2.56. The summed E-state index contributed by atoms with van der Waals surface area (Å²) in [5, 5.41) is 59.3. The topological polar surface area (TPSA) is 166 Å². The fourth-order valence-corrected chi connectivity index (χ4v) is 4.35. The van der Waals surface area contributed by atoms with Gasteiger partial charge in [-0.3, -0.25) is 0 Å². The molecule has 18 heavy (non-hydrogen) atoms. The minimum atomic E-state index is -4.58. The van der Waals surface area contributed by atoms with Gasteiger partial charge in [0.25, 0.3) is 17.4 Å². The molecule has 0 radical (unpaired) electrons. The van der Waals surface area contributed by atoms with Crippen LogP contribution in [0.5, 0.6) is 0 Å². The molecule has 1 saturated carbocycles. The first-order valence-electron chi connectivity index (χ1n) is 4.91. The normalized spacial score (nSPS) is 70.6. The summed E-state index contributed by atoms with van der Waals surface area (Å²) in [6.07, 6.45) is -4.46. The van der Waals surface area contributed by atoms with Gasteiger partial charge in [0.1, 0.15) is 12.2 Å². The quantitative estimate of drug-likeness (QED) is 0.248. The van der Waals surface area contributed by atoms with Crippen molar-refractivity contribution in [2.75, 3.05) is 0 Å². The molecular weight excluding hydrogens is 275 g/mol. The van der Waals surface area contributed by atoms with E-state index in [1.807, 2.05) is 0 Å². The molecule has 7 atom stereocenters. The van der Waals surface area contributed by atoms with Gasteiger partial charge in [0, 0.05) is 0 Å². The van der Waals surface area contributed by atoms with Crippen molar-refractivity contribution in [1.82, 2.24) is 0 Å². The summed E-state index contributed by atoms with van der Waals surface area (Å²) in [7, 11) is -4.58. The molecule has 6 N–H and O–H groups in total. The Kier molecular flexibility index (Phi) is 2.01. The van der Waals surface area contributed by atoms with Crippen molar-refractivity contribution in [3.05, 3.63) is 0 Å². The van der Waals surface area contributed by atoms with Gasteiger partial charge >= 0.3 is 7.82 Å². The number of rotatable bonds is 0. The molecule has 1 aliphatic carbocycles. The first kappa shape index (κ1) is 12.9. The molecule has 0 amide bonds. The van der Waals surface area contributed by atoms with E-state index < -0.39 is 43.0 Å². The van der Waals surface area contributed by atoms with Gasteiger partial charge in [-0.15, -0.1) is 0 Å². The summed E-state index contributed by atoms with van der Waals surface area (Å²) in [6, 6.07) is 0. The van der Waals surface area contributed by atoms with Gasteiger partial charge in [-0.2, -0.15) is 0 Å². The van der Waals surface area contributed by atoms with E-state index >= 15 is 0 Å². The maximum absolute atomic E-state index is 11.7. The third-order valence-corrected chi connectivity index (χ3v) is 5.12. The molecule has 104 valence electrons. The Bertz CT molecular complexity index is 477. The maximum Gasteiger partial charge on any atom is 0.483 e. The number of fused-ring (bicyclic) bond motifs is 1. The highest BCUT2D eigenvalue weighted by atomic mass is 31.2. The van der Waals surface area contributed by atoms with Crippen molar-refractivity contribution in [2.24, 2.45) is 0 Å². The molecule has 0 aromatic heterocycles. The van der Waals surface area contributed by atoms with Crippen molar-refractivity contribution in [3.63, 3.8) is 0 Å². The Morgan fingerprint density at radius 2 is 1.44 bits per heavy atom. The van der Waals surface area contributed by atoms with Crippen LogP contribution in [0.2, 0.25) is 0 Å². The smallest absolute Gasteiger partial charge is 0.387 e. The highest BCUT2D eigenvalue weighted by Gasteiger charge is 2.93. The standard InChI is InChI=1S/C7H11O10P/c1-4(10)2(8)3(9)5(11)7(13)6(4,12)16-18(14,15-5)17-7/h2-3,8-13H,1H3/t2-,3+,4-,5+,6+,7+,18?/m0/s1. The SMILES string of the molecule is C[C@]1(O)[C@@H](O)[C@@H](O)[C@@]2(O)OP3(=O)O[C@@]1(O)[C@]2(O)O3. The summed E-state index contributed by atoms with van der Waals surface area (Å²) in [4.78, 5) is 0.